The van der Waals surface area contributed by atoms with Gasteiger partial charge in [0.05, 0.1) is 6.61 Å². The summed E-state index contributed by atoms with van der Waals surface area (Å²) in [5, 5.41) is 3.14. The molecule has 4 heteroatoms. The van der Waals surface area contributed by atoms with Crippen molar-refractivity contribution in [2.45, 2.75) is 51.5 Å². The van der Waals surface area contributed by atoms with Crippen molar-refractivity contribution < 1.29 is 9.53 Å². The summed E-state index contributed by atoms with van der Waals surface area (Å²) in [6.07, 6.45) is 6.11. The van der Waals surface area contributed by atoms with Crippen LogP contribution in [0.4, 0.5) is 0 Å². The molecular formula is C20H32N2O2. The Morgan fingerprint density at radius 2 is 1.79 bits per heavy atom. The topological polar surface area (TPSA) is 41.6 Å². The van der Waals surface area contributed by atoms with Crippen molar-refractivity contribution in [1.29, 1.82) is 0 Å². The van der Waals surface area contributed by atoms with E-state index in [0.29, 0.717) is 24.6 Å². The van der Waals surface area contributed by atoms with E-state index in [2.05, 4.69) is 38.2 Å². The van der Waals surface area contributed by atoms with Crippen LogP contribution in [0.3, 0.4) is 0 Å². The monoisotopic (exact) mass is 332 g/mol. The third kappa shape index (κ3) is 4.97. The molecule has 1 amide bonds. The van der Waals surface area contributed by atoms with Gasteiger partial charge in [-0.1, -0.05) is 33.1 Å². The Hall–Kier alpha value is -1.55. The molecule has 134 valence electrons. The van der Waals surface area contributed by atoms with Crippen LogP contribution >= 0.6 is 0 Å². The van der Waals surface area contributed by atoms with Crippen LogP contribution in [0, 0.1) is 5.92 Å². The second-order valence-electron chi connectivity index (χ2n) is 7.59. The number of hydrogen-bond donors (Lipinski definition) is 1. The molecule has 0 aliphatic heterocycles. The molecule has 0 bridgehead atoms. The quantitative estimate of drug-likeness (QED) is 0.827. The van der Waals surface area contributed by atoms with Crippen LogP contribution in [0.5, 0.6) is 5.75 Å². The zero-order valence-corrected chi connectivity index (χ0v) is 15.6. The van der Waals surface area contributed by atoms with Gasteiger partial charge in [-0.3, -0.25) is 4.79 Å². The minimum Gasteiger partial charge on any atom is -0.493 e. The van der Waals surface area contributed by atoms with Gasteiger partial charge >= 0.3 is 0 Å². The summed E-state index contributed by atoms with van der Waals surface area (Å²) >= 11 is 0. The maximum atomic E-state index is 12.5. The highest BCUT2D eigenvalue weighted by atomic mass is 16.5. The summed E-state index contributed by atoms with van der Waals surface area (Å²) in [4.78, 5) is 14.7. The number of carbonyl (C=O) groups is 1. The van der Waals surface area contributed by atoms with E-state index in [1.165, 1.54) is 19.3 Å². The highest BCUT2D eigenvalue weighted by molar-refractivity contribution is 5.94. The number of benzene rings is 1. The molecule has 0 spiro atoms. The predicted molar refractivity (Wildman–Crippen MR) is 98.6 cm³/mol. The molecule has 24 heavy (non-hydrogen) atoms. The minimum atomic E-state index is -0.00259. The number of likely N-dealkylation sites (N-methyl/N-ethyl adjacent to an activating group) is 1. The molecule has 0 atom stereocenters. The summed E-state index contributed by atoms with van der Waals surface area (Å²) < 4.78 is 5.67. The van der Waals surface area contributed by atoms with Crippen LogP contribution < -0.4 is 10.1 Å². The summed E-state index contributed by atoms with van der Waals surface area (Å²) in [5.74, 6) is 1.31. The Morgan fingerprint density at radius 1 is 1.17 bits per heavy atom. The molecule has 1 saturated carbocycles. The van der Waals surface area contributed by atoms with Crippen molar-refractivity contribution in [3.05, 3.63) is 29.8 Å². The van der Waals surface area contributed by atoms with Gasteiger partial charge in [-0.15, -0.1) is 0 Å². The van der Waals surface area contributed by atoms with Crippen LogP contribution in [0.15, 0.2) is 24.3 Å². The molecule has 0 aromatic heterocycles. The summed E-state index contributed by atoms with van der Waals surface area (Å²) in [7, 11) is 4.25. The number of nitrogens with one attached hydrogen (secondary N) is 1. The third-order valence-electron chi connectivity index (χ3n) is 5.01. The van der Waals surface area contributed by atoms with Gasteiger partial charge in [0.15, 0.2) is 0 Å². The van der Waals surface area contributed by atoms with Gasteiger partial charge in [-0.2, -0.15) is 0 Å². The fraction of sp³-hybridized carbons (Fsp3) is 0.650. The molecule has 0 heterocycles. The van der Waals surface area contributed by atoms with E-state index in [0.717, 1.165) is 18.6 Å². The SMILES string of the molecule is CC(C)COc1ccc(C(=O)NCC2(N(C)C)CCCCC2)cc1. The number of hydrogen-bond acceptors (Lipinski definition) is 3. The molecule has 0 unspecified atom stereocenters. The number of ether oxygens (including phenoxy) is 1. The fourth-order valence-corrected chi connectivity index (χ4v) is 3.30. The second-order valence-corrected chi connectivity index (χ2v) is 7.59. The lowest BCUT2D eigenvalue weighted by Crippen LogP contribution is -2.53. The Morgan fingerprint density at radius 3 is 2.33 bits per heavy atom. The first-order valence-electron chi connectivity index (χ1n) is 9.11. The number of amides is 1. The summed E-state index contributed by atoms with van der Waals surface area (Å²) in [5.41, 5.74) is 0.797. The fourth-order valence-electron chi connectivity index (χ4n) is 3.30. The molecule has 1 aromatic rings. The number of nitrogens with zero attached hydrogens (tertiary/aromatic N) is 1. The highest BCUT2D eigenvalue weighted by Gasteiger charge is 2.34. The van der Waals surface area contributed by atoms with Crippen molar-refractivity contribution in [3.63, 3.8) is 0 Å². The smallest absolute Gasteiger partial charge is 0.251 e. The van der Waals surface area contributed by atoms with Gasteiger partial charge in [-0.05, 0) is 57.1 Å². The van der Waals surface area contributed by atoms with E-state index < -0.39 is 0 Å². The summed E-state index contributed by atoms with van der Waals surface area (Å²) in [6.45, 7) is 5.64. The van der Waals surface area contributed by atoms with Crippen molar-refractivity contribution in [2.24, 2.45) is 5.92 Å². The minimum absolute atomic E-state index is 0.00259. The van der Waals surface area contributed by atoms with E-state index in [1.54, 1.807) is 0 Å². The van der Waals surface area contributed by atoms with Crippen LogP contribution in [-0.4, -0.2) is 43.6 Å². The average molecular weight is 332 g/mol. The molecule has 0 saturated heterocycles. The van der Waals surface area contributed by atoms with Crippen LogP contribution in [-0.2, 0) is 0 Å². The Labute approximate surface area is 146 Å². The van der Waals surface area contributed by atoms with Gasteiger partial charge < -0.3 is 15.0 Å². The van der Waals surface area contributed by atoms with E-state index in [9.17, 15) is 4.79 Å². The number of rotatable bonds is 7. The van der Waals surface area contributed by atoms with Gasteiger partial charge in [0.2, 0.25) is 0 Å². The van der Waals surface area contributed by atoms with Crippen molar-refractivity contribution in [1.82, 2.24) is 10.2 Å². The largest absolute Gasteiger partial charge is 0.493 e. The van der Waals surface area contributed by atoms with Crippen LogP contribution in [0.25, 0.3) is 0 Å². The molecule has 1 N–H and O–H groups in total. The Balaban J connectivity index is 1.91. The lowest BCUT2D eigenvalue weighted by molar-refractivity contribution is 0.0799. The predicted octanol–water partition coefficient (Wildman–Crippen LogP) is 3.72. The average Bonchev–Trinajstić information content (AvgIpc) is 2.59. The summed E-state index contributed by atoms with van der Waals surface area (Å²) in [6, 6.07) is 7.43. The van der Waals surface area contributed by atoms with Crippen LogP contribution in [0.1, 0.15) is 56.3 Å². The first-order chi connectivity index (χ1) is 11.4. The number of carbonyl (C=O) groups excluding carboxylic acids is 1. The van der Waals surface area contributed by atoms with Gasteiger partial charge in [0.25, 0.3) is 5.91 Å². The molecule has 1 aromatic carbocycles. The van der Waals surface area contributed by atoms with E-state index >= 15 is 0 Å². The van der Waals surface area contributed by atoms with E-state index in [4.69, 9.17) is 4.74 Å². The maximum Gasteiger partial charge on any atom is 0.251 e. The molecule has 2 rings (SSSR count). The molecule has 0 radical (unpaired) electrons. The van der Waals surface area contributed by atoms with Crippen LogP contribution in [0.2, 0.25) is 0 Å². The lowest BCUT2D eigenvalue weighted by atomic mass is 9.80. The normalized spacial score (nSPS) is 17.1. The third-order valence-corrected chi connectivity index (χ3v) is 5.01. The molecule has 1 fully saturated rings. The first kappa shape index (κ1) is 18.8. The van der Waals surface area contributed by atoms with Gasteiger partial charge in [0, 0.05) is 17.6 Å². The molecular weight excluding hydrogens is 300 g/mol. The second kappa shape index (κ2) is 8.52. The maximum absolute atomic E-state index is 12.5. The van der Waals surface area contributed by atoms with E-state index in [-0.39, 0.29) is 11.4 Å². The molecule has 1 aliphatic rings. The Kier molecular flexibility index (Phi) is 6.67. The van der Waals surface area contributed by atoms with Crippen molar-refractivity contribution >= 4 is 5.91 Å². The highest BCUT2D eigenvalue weighted by Crippen LogP contribution is 2.31. The standard InChI is InChI=1S/C20H32N2O2/c1-16(2)14-24-18-10-8-17(9-11-18)19(23)21-15-20(22(3)4)12-6-5-7-13-20/h8-11,16H,5-7,12-15H2,1-4H3,(H,21,23). The Bertz CT molecular complexity index is 517. The zero-order valence-electron chi connectivity index (χ0n) is 15.6. The van der Waals surface area contributed by atoms with Gasteiger partial charge in [0.1, 0.15) is 5.75 Å². The first-order valence-corrected chi connectivity index (χ1v) is 9.11. The molecule has 1 aliphatic carbocycles. The van der Waals surface area contributed by atoms with Crippen molar-refractivity contribution in [3.8, 4) is 5.75 Å². The zero-order chi connectivity index (χ0) is 17.6. The lowest BCUT2D eigenvalue weighted by Gasteiger charge is -2.43. The molecule has 4 nitrogen and oxygen atoms in total. The van der Waals surface area contributed by atoms with E-state index in [1.807, 2.05) is 24.3 Å². The van der Waals surface area contributed by atoms with Gasteiger partial charge in [-0.25, -0.2) is 0 Å². The van der Waals surface area contributed by atoms with Crippen molar-refractivity contribution in [2.75, 3.05) is 27.2 Å².